The van der Waals surface area contributed by atoms with Crippen molar-refractivity contribution in [3.8, 4) is 16.9 Å². The maximum Gasteiger partial charge on any atom is 0.119 e. The molecule has 3 aromatic carbocycles. The smallest absolute Gasteiger partial charge is 0.119 e. The van der Waals surface area contributed by atoms with Gasteiger partial charge in [0.25, 0.3) is 0 Å². The molecule has 118 valence electrons. The minimum Gasteiger partial charge on any atom is -0.497 e. The lowest BCUT2D eigenvalue weighted by Crippen LogP contribution is -1.97. The van der Waals surface area contributed by atoms with Crippen LogP contribution in [0.25, 0.3) is 22.0 Å². The van der Waals surface area contributed by atoms with Gasteiger partial charge in [-0.3, -0.25) is 0 Å². The number of nitrogens with zero attached hydrogens (tertiary/aromatic N) is 1. The van der Waals surface area contributed by atoms with Crippen LogP contribution in [0, 0.1) is 0 Å². The average molecular weight is 313 g/mol. The first kappa shape index (κ1) is 14.6. The number of aromatic nitrogens is 1. The standard InChI is InChI=1S/C22H19NO/c1-24-19-12-13-22-20(14-19)21(18-10-6-3-7-11-18)16-23(22)15-17-8-4-2-5-9-17/h2-14,16H,15H2,1H3. The number of hydrogen-bond acceptors (Lipinski definition) is 1. The lowest BCUT2D eigenvalue weighted by Gasteiger charge is -2.06. The van der Waals surface area contributed by atoms with Crippen LogP contribution in [-0.4, -0.2) is 11.7 Å². The molecule has 2 heteroatoms. The van der Waals surface area contributed by atoms with Gasteiger partial charge in [-0.15, -0.1) is 0 Å². The van der Waals surface area contributed by atoms with Crippen LogP contribution in [0.3, 0.4) is 0 Å². The van der Waals surface area contributed by atoms with Crippen molar-refractivity contribution in [2.24, 2.45) is 0 Å². The molecule has 0 saturated carbocycles. The number of rotatable bonds is 4. The molecule has 4 rings (SSSR count). The fourth-order valence-corrected chi connectivity index (χ4v) is 3.16. The molecule has 4 aromatic rings. The maximum absolute atomic E-state index is 5.43. The van der Waals surface area contributed by atoms with E-state index in [4.69, 9.17) is 4.74 Å². The first-order valence-corrected chi connectivity index (χ1v) is 8.11. The summed E-state index contributed by atoms with van der Waals surface area (Å²) in [6, 6.07) is 27.4. The fourth-order valence-electron chi connectivity index (χ4n) is 3.16. The number of methoxy groups -OCH3 is 1. The second-order valence-corrected chi connectivity index (χ2v) is 5.91. The Kier molecular flexibility index (Phi) is 3.80. The van der Waals surface area contributed by atoms with Gasteiger partial charge in [0, 0.05) is 29.2 Å². The van der Waals surface area contributed by atoms with Gasteiger partial charge >= 0.3 is 0 Å². The normalized spacial score (nSPS) is 10.9. The quantitative estimate of drug-likeness (QED) is 0.494. The van der Waals surface area contributed by atoms with E-state index in [-0.39, 0.29) is 0 Å². The first-order chi connectivity index (χ1) is 11.8. The highest BCUT2D eigenvalue weighted by Gasteiger charge is 2.11. The summed E-state index contributed by atoms with van der Waals surface area (Å²) in [5, 5.41) is 1.22. The van der Waals surface area contributed by atoms with E-state index < -0.39 is 0 Å². The lowest BCUT2D eigenvalue weighted by molar-refractivity contribution is 0.415. The van der Waals surface area contributed by atoms with Crippen molar-refractivity contribution in [1.29, 1.82) is 0 Å². The SMILES string of the molecule is COc1ccc2c(c1)c(-c1ccccc1)cn2Cc1ccccc1. The summed E-state index contributed by atoms with van der Waals surface area (Å²) in [4.78, 5) is 0. The molecule has 24 heavy (non-hydrogen) atoms. The zero-order valence-electron chi connectivity index (χ0n) is 13.6. The van der Waals surface area contributed by atoms with Crippen molar-refractivity contribution in [2.45, 2.75) is 6.54 Å². The van der Waals surface area contributed by atoms with Crippen LogP contribution in [0.1, 0.15) is 5.56 Å². The largest absolute Gasteiger partial charge is 0.497 e. The van der Waals surface area contributed by atoms with Crippen LogP contribution in [0.15, 0.2) is 85.1 Å². The van der Waals surface area contributed by atoms with Crippen LogP contribution in [-0.2, 0) is 6.54 Å². The van der Waals surface area contributed by atoms with E-state index in [1.54, 1.807) is 7.11 Å². The van der Waals surface area contributed by atoms with Gasteiger partial charge in [-0.05, 0) is 29.3 Å². The Morgan fingerprint density at radius 3 is 2.25 bits per heavy atom. The number of benzene rings is 3. The van der Waals surface area contributed by atoms with Gasteiger partial charge in [0.15, 0.2) is 0 Å². The molecule has 0 bridgehead atoms. The Hall–Kier alpha value is -3.00. The summed E-state index contributed by atoms with van der Waals surface area (Å²) < 4.78 is 7.74. The molecule has 0 N–H and O–H groups in total. The minimum atomic E-state index is 0.858. The van der Waals surface area contributed by atoms with Crippen molar-refractivity contribution in [2.75, 3.05) is 7.11 Å². The van der Waals surface area contributed by atoms with E-state index in [1.165, 1.54) is 27.6 Å². The van der Waals surface area contributed by atoms with Crippen molar-refractivity contribution in [1.82, 2.24) is 4.57 Å². The van der Waals surface area contributed by atoms with Crippen LogP contribution >= 0.6 is 0 Å². The predicted octanol–water partition coefficient (Wildman–Crippen LogP) is 5.37. The second kappa shape index (κ2) is 6.25. The third-order valence-electron chi connectivity index (χ3n) is 4.37. The summed E-state index contributed by atoms with van der Waals surface area (Å²) in [6.45, 7) is 0.858. The van der Waals surface area contributed by atoms with Gasteiger partial charge in [-0.25, -0.2) is 0 Å². The summed E-state index contributed by atoms with van der Waals surface area (Å²) in [5.74, 6) is 0.886. The molecule has 0 amide bonds. The molecule has 0 aliphatic carbocycles. The first-order valence-electron chi connectivity index (χ1n) is 8.11. The fraction of sp³-hybridized carbons (Fsp3) is 0.0909. The molecule has 0 spiro atoms. The zero-order chi connectivity index (χ0) is 16.4. The second-order valence-electron chi connectivity index (χ2n) is 5.91. The molecule has 0 aliphatic rings. The van der Waals surface area contributed by atoms with Crippen LogP contribution in [0.2, 0.25) is 0 Å². The van der Waals surface area contributed by atoms with Gasteiger partial charge in [0.2, 0.25) is 0 Å². The van der Waals surface area contributed by atoms with Gasteiger partial charge in [-0.2, -0.15) is 0 Å². The Balaban J connectivity index is 1.88. The van der Waals surface area contributed by atoms with Crippen molar-refractivity contribution in [3.63, 3.8) is 0 Å². The van der Waals surface area contributed by atoms with E-state index in [2.05, 4.69) is 77.5 Å². The van der Waals surface area contributed by atoms with E-state index in [0.717, 1.165) is 12.3 Å². The molecule has 0 aliphatic heterocycles. The highest BCUT2D eigenvalue weighted by Crippen LogP contribution is 2.33. The van der Waals surface area contributed by atoms with Crippen molar-refractivity contribution >= 4 is 10.9 Å². The number of hydrogen-bond donors (Lipinski definition) is 0. The summed E-state index contributed by atoms with van der Waals surface area (Å²) in [5.41, 5.74) is 4.98. The predicted molar refractivity (Wildman–Crippen MR) is 99.5 cm³/mol. The van der Waals surface area contributed by atoms with Crippen LogP contribution < -0.4 is 4.74 Å². The Labute approximate surface area is 141 Å². The Bertz CT molecular complexity index is 955. The average Bonchev–Trinajstić information content (AvgIpc) is 3.01. The van der Waals surface area contributed by atoms with E-state index >= 15 is 0 Å². The molecular weight excluding hydrogens is 294 g/mol. The maximum atomic E-state index is 5.43. The van der Waals surface area contributed by atoms with Gasteiger partial charge in [0.1, 0.15) is 5.75 Å². The Morgan fingerprint density at radius 2 is 1.54 bits per heavy atom. The van der Waals surface area contributed by atoms with E-state index in [9.17, 15) is 0 Å². The topological polar surface area (TPSA) is 14.2 Å². The van der Waals surface area contributed by atoms with E-state index in [0.29, 0.717) is 0 Å². The zero-order valence-corrected chi connectivity index (χ0v) is 13.6. The number of ether oxygens (including phenoxy) is 1. The van der Waals surface area contributed by atoms with Crippen molar-refractivity contribution < 1.29 is 4.74 Å². The molecule has 0 unspecified atom stereocenters. The molecule has 0 radical (unpaired) electrons. The molecule has 1 aromatic heterocycles. The van der Waals surface area contributed by atoms with Gasteiger partial charge in [-0.1, -0.05) is 60.7 Å². The van der Waals surface area contributed by atoms with Gasteiger partial charge < -0.3 is 9.30 Å². The lowest BCUT2D eigenvalue weighted by atomic mass is 10.0. The number of fused-ring (bicyclic) bond motifs is 1. The molecule has 1 heterocycles. The summed E-state index contributed by atoms with van der Waals surface area (Å²) in [7, 11) is 1.71. The molecule has 2 nitrogen and oxygen atoms in total. The summed E-state index contributed by atoms with van der Waals surface area (Å²) in [6.07, 6.45) is 2.24. The monoisotopic (exact) mass is 313 g/mol. The van der Waals surface area contributed by atoms with E-state index in [1.807, 2.05) is 12.1 Å². The van der Waals surface area contributed by atoms with Gasteiger partial charge in [0.05, 0.1) is 7.11 Å². The summed E-state index contributed by atoms with van der Waals surface area (Å²) >= 11 is 0. The van der Waals surface area contributed by atoms with Crippen LogP contribution in [0.5, 0.6) is 5.75 Å². The molecule has 0 saturated heterocycles. The third-order valence-corrected chi connectivity index (χ3v) is 4.37. The van der Waals surface area contributed by atoms with Crippen LogP contribution in [0.4, 0.5) is 0 Å². The molecule has 0 atom stereocenters. The highest BCUT2D eigenvalue weighted by atomic mass is 16.5. The molecular formula is C22H19NO. The Morgan fingerprint density at radius 1 is 0.833 bits per heavy atom. The van der Waals surface area contributed by atoms with Crippen molar-refractivity contribution in [3.05, 3.63) is 90.6 Å². The highest BCUT2D eigenvalue weighted by molar-refractivity contribution is 5.97. The molecule has 0 fully saturated rings. The third kappa shape index (κ3) is 2.67. The minimum absolute atomic E-state index is 0.858.